The van der Waals surface area contributed by atoms with Crippen LogP contribution < -0.4 is 10.6 Å². The number of aryl methyl sites for hydroxylation is 2. The van der Waals surface area contributed by atoms with E-state index in [1.165, 1.54) is 17.6 Å². The number of halogens is 1. The summed E-state index contributed by atoms with van der Waals surface area (Å²) in [7, 11) is 1.75. The number of amides is 1. The molecule has 0 aliphatic rings. The Bertz CT molecular complexity index is 918. The second kappa shape index (κ2) is 7.02. The minimum absolute atomic E-state index is 0.231. The standard InChI is InChI=1S/C17H18FN5OS/c1-10-15(17(19-3)25-22-10)16(24)21-9-12-4-5-14(13(18)8-12)23-7-6-20-11(23)2/h4-8,19H,9H2,1-3H3,(H,21,24). The van der Waals surface area contributed by atoms with Crippen LogP contribution in [-0.2, 0) is 6.54 Å². The van der Waals surface area contributed by atoms with Gasteiger partial charge in [-0.05, 0) is 43.1 Å². The summed E-state index contributed by atoms with van der Waals surface area (Å²) in [5, 5.41) is 6.49. The normalized spacial score (nSPS) is 10.7. The van der Waals surface area contributed by atoms with E-state index in [0.29, 0.717) is 33.3 Å². The molecule has 3 rings (SSSR count). The second-order valence-corrected chi connectivity index (χ2v) is 6.31. The van der Waals surface area contributed by atoms with E-state index in [1.807, 2.05) is 6.92 Å². The van der Waals surface area contributed by atoms with Gasteiger partial charge in [-0.1, -0.05) is 6.07 Å². The smallest absolute Gasteiger partial charge is 0.256 e. The van der Waals surface area contributed by atoms with Crippen LogP contribution in [0.3, 0.4) is 0 Å². The van der Waals surface area contributed by atoms with Crippen LogP contribution in [0.1, 0.15) is 27.4 Å². The molecule has 1 amide bonds. The molecule has 3 aromatic rings. The van der Waals surface area contributed by atoms with Gasteiger partial charge in [0.25, 0.3) is 5.91 Å². The molecule has 25 heavy (non-hydrogen) atoms. The van der Waals surface area contributed by atoms with E-state index in [1.54, 1.807) is 43.1 Å². The average molecular weight is 359 g/mol. The Kier molecular flexibility index (Phi) is 4.80. The lowest BCUT2D eigenvalue weighted by Gasteiger charge is -2.10. The number of benzene rings is 1. The number of anilines is 1. The first-order valence-corrected chi connectivity index (χ1v) is 8.49. The van der Waals surface area contributed by atoms with Crippen molar-refractivity contribution < 1.29 is 9.18 Å². The van der Waals surface area contributed by atoms with Crippen molar-refractivity contribution in [2.75, 3.05) is 12.4 Å². The summed E-state index contributed by atoms with van der Waals surface area (Å²) in [5.74, 6) is 0.114. The third-order valence-corrected chi connectivity index (χ3v) is 4.82. The lowest BCUT2D eigenvalue weighted by Crippen LogP contribution is -2.24. The van der Waals surface area contributed by atoms with Crippen LogP contribution in [0.2, 0.25) is 0 Å². The molecule has 8 heteroatoms. The first-order valence-electron chi connectivity index (χ1n) is 7.72. The van der Waals surface area contributed by atoms with Crippen LogP contribution in [0.25, 0.3) is 5.69 Å². The molecule has 0 bridgehead atoms. The number of hydrogen-bond acceptors (Lipinski definition) is 5. The summed E-state index contributed by atoms with van der Waals surface area (Å²) in [4.78, 5) is 16.5. The Labute approximate surface area is 148 Å². The highest BCUT2D eigenvalue weighted by atomic mass is 32.1. The van der Waals surface area contributed by atoms with Crippen molar-refractivity contribution >= 4 is 22.4 Å². The van der Waals surface area contributed by atoms with Gasteiger partial charge in [0, 0.05) is 26.0 Å². The maximum Gasteiger partial charge on any atom is 0.256 e. The number of carbonyl (C=O) groups is 1. The van der Waals surface area contributed by atoms with Gasteiger partial charge in [-0.3, -0.25) is 4.79 Å². The van der Waals surface area contributed by atoms with E-state index < -0.39 is 0 Å². The molecule has 0 saturated heterocycles. The molecule has 2 aromatic heterocycles. The summed E-state index contributed by atoms with van der Waals surface area (Å²) in [6.07, 6.45) is 3.33. The van der Waals surface area contributed by atoms with Gasteiger partial charge < -0.3 is 15.2 Å². The second-order valence-electron chi connectivity index (χ2n) is 5.54. The third-order valence-electron chi connectivity index (χ3n) is 3.87. The number of nitrogens with one attached hydrogen (secondary N) is 2. The number of carbonyl (C=O) groups excluding carboxylic acids is 1. The molecule has 0 aliphatic carbocycles. The molecule has 6 nitrogen and oxygen atoms in total. The zero-order valence-electron chi connectivity index (χ0n) is 14.1. The molecule has 0 saturated carbocycles. The molecule has 0 radical (unpaired) electrons. The minimum Gasteiger partial charge on any atom is -0.378 e. The molecule has 0 atom stereocenters. The van der Waals surface area contributed by atoms with Gasteiger partial charge in [0.15, 0.2) is 0 Å². The number of nitrogens with zero attached hydrogens (tertiary/aromatic N) is 3. The van der Waals surface area contributed by atoms with E-state index in [-0.39, 0.29) is 18.3 Å². The van der Waals surface area contributed by atoms with Crippen molar-refractivity contribution in [2.45, 2.75) is 20.4 Å². The van der Waals surface area contributed by atoms with E-state index >= 15 is 0 Å². The van der Waals surface area contributed by atoms with Gasteiger partial charge >= 0.3 is 0 Å². The molecular formula is C17H18FN5OS. The Morgan fingerprint density at radius 3 is 2.80 bits per heavy atom. The highest BCUT2D eigenvalue weighted by molar-refractivity contribution is 7.10. The fourth-order valence-corrected chi connectivity index (χ4v) is 3.31. The molecule has 130 valence electrons. The van der Waals surface area contributed by atoms with E-state index in [9.17, 15) is 9.18 Å². The Morgan fingerprint density at radius 1 is 1.36 bits per heavy atom. The third kappa shape index (κ3) is 3.39. The van der Waals surface area contributed by atoms with E-state index in [2.05, 4.69) is 20.0 Å². The zero-order chi connectivity index (χ0) is 18.0. The van der Waals surface area contributed by atoms with Crippen LogP contribution in [0.15, 0.2) is 30.6 Å². The summed E-state index contributed by atoms with van der Waals surface area (Å²) in [6, 6.07) is 4.89. The first-order chi connectivity index (χ1) is 12.0. The number of hydrogen-bond donors (Lipinski definition) is 2. The molecule has 0 fully saturated rings. The summed E-state index contributed by atoms with van der Waals surface area (Å²) in [6.45, 7) is 3.83. The fourth-order valence-electron chi connectivity index (χ4n) is 2.57. The van der Waals surface area contributed by atoms with Crippen molar-refractivity contribution in [3.05, 3.63) is 59.1 Å². The molecule has 0 unspecified atom stereocenters. The molecule has 2 N–H and O–H groups in total. The van der Waals surface area contributed by atoms with Gasteiger partial charge in [-0.25, -0.2) is 9.37 Å². The molecular weight excluding hydrogens is 341 g/mol. The van der Waals surface area contributed by atoms with Gasteiger partial charge in [-0.2, -0.15) is 4.37 Å². The summed E-state index contributed by atoms with van der Waals surface area (Å²) in [5.41, 5.74) is 2.31. The number of aromatic nitrogens is 3. The largest absolute Gasteiger partial charge is 0.378 e. The van der Waals surface area contributed by atoms with Crippen LogP contribution in [0.5, 0.6) is 0 Å². The SMILES string of the molecule is CNc1snc(C)c1C(=O)NCc1ccc(-n2ccnc2C)c(F)c1. The molecule has 0 aliphatic heterocycles. The predicted octanol–water partition coefficient (Wildman–Crippen LogP) is 3.06. The van der Waals surface area contributed by atoms with Crippen LogP contribution >= 0.6 is 11.5 Å². The van der Waals surface area contributed by atoms with Crippen molar-refractivity contribution in [3.63, 3.8) is 0 Å². The predicted molar refractivity (Wildman–Crippen MR) is 95.8 cm³/mol. The molecule has 2 heterocycles. The van der Waals surface area contributed by atoms with Gasteiger partial charge in [0.05, 0.1) is 16.9 Å². The van der Waals surface area contributed by atoms with Crippen LogP contribution in [0.4, 0.5) is 9.39 Å². The van der Waals surface area contributed by atoms with Crippen LogP contribution in [0, 0.1) is 19.7 Å². The zero-order valence-corrected chi connectivity index (χ0v) is 14.9. The Balaban J connectivity index is 1.74. The lowest BCUT2D eigenvalue weighted by atomic mass is 10.1. The first kappa shape index (κ1) is 17.1. The maximum absolute atomic E-state index is 14.4. The quantitative estimate of drug-likeness (QED) is 0.734. The molecule has 1 aromatic carbocycles. The van der Waals surface area contributed by atoms with E-state index in [0.717, 1.165) is 0 Å². The fraction of sp³-hybridized carbons (Fsp3) is 0.235. The van der Waals surface area contributed by atoms with Gasteiger partial charge in [-0.15, -0.1) is 0 Å². The average Bonchev–Trinajstić information content (AvgIpc) is 3.18. The Morgan fingerprint density at radius 2 is 2.16 bits per heavy atom. The topological polar surface area (TPSA) is 71.8 Å². The van der Waals surface area contributed by atoms with Crippen LogP contribution in [-0.4, -0.2) is 26.9 Å². The van der Waals surface area contributed by atoms with Gasteiger partial charge in [0.2, 0.25) is 0 Å². The minimum atomic E-state index is -0.364. The van der Waals surface area contributed by atoms with Crippen molar-refractivity contribution in [2.24, 2.45) is 0 Å². The summed E-state index contributed by atoms with van der Waals surface area (Å²) < 4.78 is 20.2. The number of rotatable bonds is 5. The monoisotopic (exact) mass is 359 g/mol. The highest BCUT2D eigenvalue weighted by Crippen LogP contribution is 2.24. The van der Waals surface area contributed by atoms with Crippen molar-refractivity contribution in [3.8, 4) is 5.69 Å². The number of imidazole rings is 1. The molecule has 0 spiro atoms. The lowest BCUT2D eigenvalue weighted by molar-refractivity contribution is 0.0951. The Hall–Kier alpha value is -2.74. The van der Waals surface area contributed by atoms with Crippen molar-refractivity contribution in [1.82, 2.24) is 19.2 Å². The highest BCUT2D eigenvalue weighted by Gasteiger charge is 2.17. The summed E-state index contributed by atoms with van der Waals surface area (Å²) >= 11 is 1.24. The van der Waals surface area contributed by atoms with Crippen molar-refractivity contribution in [1.29, 1.82) is 0 Å². The van der Waals surface area contributed by atoms with E-state index in [4.69, 9.17) is 0 Å². The van der Waals surface area contributed by atoms with Gasteiger partial charge in [0.1, 0.15) is 16.6 Å². The maximum atomic E-state index is 14.4.